The summed E-state index contributed by atoms with van der Waals surface area (Å²) in [6.45, 7) is -0.684. The van der Waals surface area contributed by atoms with Crippen LogP contribution in [0.3, 0.4) is 0 Å². The second kappa shape index (κ2) is 8.28. The lowest BCUT2D eigenvalue weighted by molar-refractivity contribution is -0.232. The van der Waals surface area contributed by atoms with E-state index in [0.29, 0.717) is 5.56 Å². The molecule has 1 fully saturated rings. The van der Waals surface area contributed by atoms with E-state index in [-0.39, 0.29) is 29.0 Å². The van der Waals surface area contributed by atoms with E-state index in [1.165, 1.54) is 18.2 Å². The minimum Gasteiger partial charge on any atom is -0.507 e. The molecule has 0 saturated carbocycles. The Kier molecular flexibility index (Phi) is 5.79. The number of benzene rings is 2. The lowest BCUT2D eigenvalue weighted by Gasteiger charge is -2.41. The molecular weight excluding hydrogens is 428 g/mol. The second-order valence-electron chi connectivity index (χ2n) is 7.94. The van der Waals surface area contributed by atoms with Crippen LogP contribution in [0, 0.1) is 0 Å². The molecule has 32 heavy (non-hydrogen) atoms. The van der Waals surface area contributed by atoms with E-state index in [2.05, 4.69) is 0 Å². The van der Waals surface area contributed by atoms with E-state index in [9.17, 15) is 46.0 Å². The van der Waals surface area contributed by atoms with E-state index in [1.807, 2.05) is 0 Å². The predicted octanol–water partition coefficient (Wildman–Crippen LogP) is -0.939. The Hall–Kier alpha value is -2.80. The highest BCUT2D eigenvalue weighted by molar-refractivity contribution is 5.59. The van der Waals surface area contributed by atoms with E-state index in [4.69, 9.17) is 9.47 Å². The van der Waals surface area contributed by atoms with Gasteiger partial charge >= 0.3 is 0 Å². The smallest absolute Gasteiger partial charge is 0.157 e. The summed E-state index contributed by atoms with van der Waals surface area (Å²) >= 11 is 0. The topological polar surface area (TPSA) is 201 Å². The molecule has 11 nitrogen and oxygen atoms in total. The zero-order chi connectivity index (χ0) is 23.3. The molecule has 2 aliphatic heterocycles. The van der Waals surface area contributed by atoms with E-state index >= 15 is 0 Å². The number of ether oxygens (including phenoxy) is 2. The number of phenolic OH excluding ortho intramolecular Hbond substituents is 4. The van der Waals surface area contributed by atoms with Gasteiger partial charge in [-0.15, -0.1) is 0 Å². The van der Waals surface area contributed by atoms with Gasteiger partial charge in [-0.2, -0.15) is 0 Å². The van der Waals surface area contributed by atoms with Crippen LogP contribution in [0.4, 0.5) is 0 Å². The third-order valence-corrected chi connectivity index (χ3v) is 5.90. The molecule has 0 bridgehead atoms. The number of fused-ring (bicyclic) bond motifs is 1. The molecule has 0 spiro atoms. The van der Waals surface area contributed by atoms with Crippen molar-refractivity contribution in [1.29, 1.82) is 0 Å². The maximum absolute atomic E-state index is 10.8. The normalized spacial score (nSPS) is 32.2. The molecule has 1 unspecified atom stereocenters. The lowest BCUT2D eigenvalue weighted by atomic mass is 9.87. The van der Waals surface area contributed by atoms with Gasteiger partial charge in [0, 0.05) is 18.1 Å². The number of aromatic hydroxyl groups is 4. The Morgan fingerprint density at radius 2 is 1.53 bits per heavy atom. The molecule has 2 aromatic carbocycles. The monoisotopic (exact) mass is 452 g/mol. The number of phenols is 4. The van der Waals surface area contributed by atoms with E-state index in [0.717, 1.165) is 6.07 Å². The number of aliphatic hydroxyl groups is 5. The molecule has 0 aromatic heterocycles. The van der Waals surface area contributed by atoms with Gasteiger partial charge in [-0.3, -0.25) is 0 Å². The van der Waals surface area contributed by atoms with E-state index < -0.39 is 66.6 Å². The van der Waals surface area contributed by atoms with Gasteiger partial charge in [0.2, 0.25) is 0 Å². The predicted molar refractivity (Wildman–Crippen MR) is 105 cm³/mol. The van der Waals surface area contributed by atoms with Crippen LogP contribution in [0.5, 0.6) is 28.7 Å². The molecule has 9 N–H and O–H groups in total. The molecule has 2 aromatic rings. The van der Waals surface area contributed by atoms with Crippen LogP contribution >= 0.6 is 0 Å². The van der Waals surface area contributed by atoms with Gasteiger partial charge in [0.25, 0.3) is 0 Å². The Bertz CT molecular complexity index is 1010. The van der Waals surface area contributed by atoms with Crippen molar-refractivity contribution in [3.63, 3.8) is 0 Å². The Balaban J connectivity index is 1.70. The molecule has 0 radical (unpaired) electrons. The number of rotatable bonds is 3. The highest BCUT2D eigenvalue weighted by atomic mass is 16.5. The molecule has 11 heteroatoms. The largest absolute Gasteiger partial charge is 0.507 e. The molecule has 0 amide bonds. The van der Waals surface area contributed by atoms with Gasteiger partial charge in [0.15, 0.2) is 11.5 Å². The van der Waals surface area contributed by atoms with Crippen molar-refractivity contribution in [2.24, 2.45) is 0 Å². The van der Waals surface area contributed by atoms with E-state index in [1.54, 1.807) is 0 Å². The second-order valence-corrected chi connectivity index (χ2v) is 7.94. The SMILES string of the molecule is OC[C@H]1OC(c2c(O)cc3c(c2O)C[C@@H](O)[C@@H](c2ccc(O)c(O)c2)O3)[C@H](O)[C@@H](O)[C@@H]1O. The standard InChI is InChI=1S/C21H24O11/c22-6-14-17(28)18(29)19(30)21(32-14)15-11(25)5-13-8(16(15)27)4-12(26)20(31-13)7-1-2-9(23)10(24)3-7/h1-3,5,12,14,17-30H,4,6H2/t12-,14-,17-,18+,19-,20-,21?/m1/s1. The quantitative estimate of drug-likeness (QED) is 0.260. The third kappa shape index (κ3) is 3.58. The number of hydrogen-bond donors (Lipinski definition) is 9. The highest BCUT2D eigenvalue weighted by Gasteiger charge is 2.46. The van der Waals surface area contributed by atoms with Crippen molar-refractivity contribution >= 4 is 0 Å². The van der Waals surface area contributed by atoms with Crippen LogP contribution in [0.2, 0.25) is 0 Å². The first kappa shape index (κ1) is 22.4. The van der Waals surface area contributed by atoms with Gasteiger partial charge < -0.3 is 55.4 Å². The van der Waals surface area contributed by atoms with Crippen LogP contribution in [0.25, 0.3) is 0 Å². The molecule has 2 aliphatic rings. The molecule has 2 heterocycles. The molecule has 1 saturated heterocycles. The highest BCUT2D eigenvalue weighted by Crippen LogP contribution is 2.49. The summed E-state index contributed by atoms with van der Waals surface area (Å²) in [5, 5.41) is 90.9. The van der Waals surface area contributed by atoms with Gasteiger partial charge in [-0.05, 0) is 17.7 Å². The summed E-state index contributed by atoms with van der Waals surface area (Å²) in [5.74, 6) is -1.83. The van der Waals surface area contributed by atoms with Crippen molar-refractivity contribution in [2.45, 2.75) is 49.1 Å². The summed E-state index contributed by atoms with van der Waals surface area (Å²) in [6.07, 6.45) is -10.1. The first-order valence-electron chi connectivity index (χ1n) is 9.88. The summed E-state index contributed by atoms with van der Waals surface area (Å²) in [7, 11) is 0. The lowest BCUT2D eigenvalue weighted by Crippen LogP contribution is -2.55. The summed E-state index contributed by atoms with van der Waals surface area (Å²) in [4.78, 5) is 0. The summed E-state index contributed by atoms with van der Waals surface area (Å²) in [6, 6.07) is 5.03. The van der Waals surface area contributed by atoms with Crippen LogP contribution in [0.15, 0.2) is 24.3 Å². The summed E-state index contributed by atoms with van der Waals surface area (Å²) in [5.41, 5.74) is 0.147. The third-order valence-electron chi connectivity index (χ3n) is 5.90. The Labute approximate surface area is 181 Å². The molecular formula is C21H24O11. The van der Waals surface area contributed by atoms with Gasteiger partial charge in [0.1, 0.15) is 53.9 Å². The Morgan fingerprint density at radius 3 is 2.19 bits per heavy atom. The minimum absolute atomic E-state index is 0.0243. The maximum atomic E-state index is 10.8. The first-order valence-corrected chi connectivity index (χ1v) is 9.88. The van der Waals surface area contributed by atoms with Crippen LogP contribution in [-0.4, -0.2) is 83.1 Å². The van der Waals surface area contributed by atoms with Gasteiger partial charge in [-0.1, -0.05) is 6.07 Å². The zero-order valence-corrected chi connectivity index (χ0v) is 16.6. The molecule has 0 aliphatic carbocycles. The Morgan fingerprint density at radius 1 is 0.812 bits per heavy atom. The van der Waals surface area contributed by atoms with Crippen molar-refractivity contribution in [2.75, 3.05) is 6.61 Å². The van der Waals surface area contributed by atoms with Crippen LogP contribution in [-0.2, 0) is 11.2 Å². The summed E-state index contributed by atoms with van der Waals surface area (Å²) < 4.78 is 11.2. The van der Waals surface area contributed by atoms with Crippen molar-refractivity contribution in [3.8, 4) is 28.7 Å². The average Bonchev–Trinajstić information content (AvgIpc) is 2.76. The van der Waals surface area contributed by atoms with Crippen molar-refractivity contribution < 1.29 is 55.4 Å². The fourth-order valence-corrected chi connectivity index (χ4v) is 4.15. The van der Waals surface area contributed by atoms with Crippen molar-refractivity contribution in [1.82, 2.24) is 0 Å². The van der Waals surface area contributed by atoms with Crippen LogP contribution < -0.4 is 4.74 Å². The molecule has 174 valence electrons. The van der Waals surface area contributed by atoms with Gasteiger partial charge in [-0.25, -0.2) is 0 Å². The number of aliphatic hydroxyl groups excluding tert-OH is 5. The number of hydrogen-bond acceptors (Lipinski definition) is 11. The van der Waals surface area contributed by atoms with Crippen molar-refractivity contribution in [3.05, 3.63) is 41.0 Å². The van der Waals surface area contributed by atoms with Crippen LogP contribution in [0.1, 0.15) is 28.9 Å². The molecule has 4 rings (SSSR count). The van der Waals surface area contributed by atoms with Gasteiger partial charge in [0.05, 0.1) is 18.3 Å². The molecule has 7 atom stereocenters. The minimum atomic E-state index is -1.73. The average molecular weight is 452 g/mol. The maximum Gasteiger partial charge on any atom is 0.157 e. The fraction of sp³-hybridized carbons (Fsp3) is 0.429. The zero-order valence-electron chi connectivity index (χ0n) is 16.6. The first-order chi connectivity index (χ1) is 15.1. The fourth-order valence-electron chi connectivity index (χ4n) is 4.15.